The van der Waals surface area contributed by atoms with Crippen LogP contribution in [0.15, 0.2) is 48.5 Å². The number of aromatic nitrogens is 2. The number of phenols is 1. The van der Waals surface area contributed by atoms with Crippen LogP contribution in [0.5, 0.6) is 5.75 Å². The standard InChI is InChI=1S/C22H21N3O4S/c1-13-6-8-14(9-7-13)21-18-19(16-4-2-3-5-17(16)26)23-24-20(18)22(27)25(21)15-10-11-30(28,29)12-15/h2-9,15,21,26H,10-12H2,1H3,(H,23,24). The van der Waals surface area contributed by atoms with E-state index in [1.807, 2.05) is 31.2 Å². The van der Waals surface area contributed by atoms with Gasteiger partial charge in [-0.25, -0.2) is 8.42 Å². The maximum Gasteiger partial charge on any atom is 0.273 e. The molecule has 1 fully saturated rings. The molecule has 0 saturated carbocycles. The molecule has 2 aliphatic heterocycles. The van der Waals surface area contributed by atoms with Crippen molar-refractivity contribution in [1.82, 2.24) is 15.1 Å². The zero-order valence-corrected chi connectivity index (χ0v) is 17.2. The Morgan fingerprint density at radius 2 is 1.87 bits per heavy atom. The minimum absolute atomic E-state index is 0.0370. The molecule has 2 aromatic carbocycles. The number of nitrogens with one attached hydrogen (secondary N) is 1. The van der Waals surface area contributed by atoms with Gasteiger partial charge in [-0.3, -0.25) is 9.89 Å². The van der Waals surface area contributed by atoms with Crippen LogP contribution in [-0.4, -0.2) is 52.1 Å². The average molecular weight is 423 g/mol. The van der Waals surface area contributed by atoms with Crippen LogP contribution in [0.2, 0.25) is 0 Å². The maximum absolute atomic E-state index is 13.4. The normalized spacial score (nSPS) is 22.4. The summed E-state index contributed by atoms with van der Waals surface area (Å²) in [6.45, 7) is 1.99. The first kappa shape index (κ1) is 18.9. The number of fused-ring (bicyclic) bond motifs is 1. The van der Waals surface area contributed by atoms with Gasteiger partial charge < -0.3 is 10.0 Å². The fourth-order valence-corrected chi connectivity index (χ4v) is 6.20. The van der Waals surface area contributed by atoms with Crippen LogP contribution in [-0.2, 0) is 9.84 Å². The SMILES string of the molecule is Cc1ccc(C2c3c(-c4ccccc4O)n[nH]c3C(=O)N2C2CCS(=O)(=O)C2)cc1. The van der Waals surface area contributed by atoms with Crippen LogP contribution in [0, 0.1) is 6.92 Å². The molecule has 8 heteroatoms. The van der Waals surface area contributed by atoms with Crippen molar-refractivity contribution in [3.63, 3.8) is 0 Å². The van der Waals surface area contributed by atoms with Crippen molar-refractivity contribution in [2.24, 2.45) is 0 Å². The van der Waals surface area contributed by atoms with E-state index in [9.17, 15) is 18.3 Å². The van der Waals surface area contributed by atoms with Gasteiger partial charge >= 0.3 is 0 Å². The fourth-order valence-electron chi connectivity index (χ4n) is 4.49. The Bertz CT molecular complexity index is 1250. The Morgan fingerprint density at radius 3 is 2.53 bits per heavy atom. The lowest BCUT2D eigenvalue weighted by Crippen LogP contribution is -2.40. The Morgan fingerprint density at radius 1 is 1.13 bits per heavy atom. The molecule has 2 N–H and O–H groups in total. The van der Waals surface area contributed by atoms with Gasteiger partial charge in [-0.15, -0.1) is 0 Å². The molecule has 2 atom stereocenters. The van der Waals surface area contributed by atoms with Crippen molar-refractivity contribution >= 4 is 15.7 Å². The van der Waals surface area contributed by atoms with Gasteiger partial charge in [-0.2, -0.15) is 5.10 Å². The molecule has 2 aliphatic rings. The number of sulfone groups is 1. The summed E-state index contributed by atoms with van der Waals surface area (Å²) in [7, 11) is -3.17. The largest absolute Gasteiger partial charge is 0.507 e. The van der Waals surface area contributed by atoms with Crippen LogP contribution in [0.25, 0.3) is 11.3 Å². The van der Waals surface area contributed by atoms with Crippen LogP contribution in [0.3, 0.4) is 0 Å². The molecule has 1 saturated heterocycles. The number of aryl methyl sites for hydroxylation is 1. The molecule has 30 heavy (non-hydrogen) atoms. The summed E-state index contributed by atoms with van der Waals surface area (Å²) in [5, 5.41) is 17.6. The molecule has 0 aliphatic carbocycles. The molecular formula is C22H21N3O4S. The molecule has 2 unspecified atom stereocenters. The molecular weight excluding hydrogens is 402 g/mol. The number of amides is 1. The van der Waals surface area contributed by atoms with E-state index in [2.05, 4.69) is 10.2 Å². The summed E-state index contributed by atoms with van der Waals surface area (Å²) in [5.41, 5.74) is 4.03. The second kappa shape index (κ2) is 6.70. The number of hydrogen-bond donors (Lipinski definition) is 2. The number of hydrogen-bond acceptors (Lipinski definition) is 5. The molecule has 0 radical (unpaired) electrons. The van der Waals surface area contributed by atoms with E-state index in [0.717, 1.165) is 11.1 Å². The third-order valence-electron chi connectivity index (χ3n) is 5.96. The Kier molecular flexibility index (Phi) is 4.21. The molecule has 154 valence electrons. The molecule has 1 aromatic heterocycles. The monoisotopic (exact) mass is 423 g/mol. The van der Waals surface area contributed by atoms with E-state index >= 15 is 0 Å². The highest BCUT2D eigenvalue weighted by molar-refractivity contribution is 7.91. The molecule has 3 aromatic rings. The number of benzene rings is 2. The van der Waals surface area contributed by atoms with Crippen LogP contribution in [0.4, 0.5) is 0 Å². The number of carbonyl (C=O) groups excluding carboxylic acids is 1. The van der Waals surface area contributed by atoms with Crippen LogP contribution < -0.4 is 0 Å². The predicted molar refractivity (Wildman–Crippen MR) is 112 cm³/mol. The number of para-hydroxylation sites is 1. The average Bonchev–Trinajstić information content (AvgIpc) is 3.37. The van der Waals surface area contributed by atoms with Crippen LogP contribution >= 0.6 is 0 Å². The van der Waals surface area contributed by atoms with E-state index in [1.165, 1.54) is 0 Å². The number of aromatic hydroxyl groups is 1. The molecule has 5 rings (SSSR count). The van der Waals surface area contributed by atoms with Crippen LogP contribution in [0.1, 0.15) is 39.6 Å². The van der Waals surface area contributed by atoms with Gasteiger partial charge in [0.25, 0.3) is 5.91 Å². The van der Waals surface area contributed by atoms with Gasteiger partial charge in [0.15, 0.2) is 9.84 Å². The lowest BCUT2D eigenvalue weighted by atomic mass is 9.94. The zero-order chi connectivity index (χ0) is 21.0. The molecule has 0 bridgehead atoms. The molecule has 0 spiro atoms. The summed E-state index contributed by atoms with van der Waals surface area (Å²) in [5.74, 6) is -0.138. The smallest absolute Gasteiger partial charge is 0.273 e. The van der Waals surface area contributed by atoms with Gasteiger partial charge in [0, 0.05) is 17.2 Å². The van der Waals surface area contributed by atoms with Gasteiger partial charge in [-0.1, -0.05) is 42.0 Å². The van der Waals surface area contributed by atoms with E-state index in [-0.39, 0.29) is 23.2 Å². The van der Waals surface area contributed by atoms with Crippen molar-refractivity contribution in [3.8, 4) is 17.0 Å². The lowest BCUT2D eigenvalue weighted by molar-refractivity contribution is 0.0678. The zero-order valence-electron chi connectivity index (χ0n) is 16.4. The third kappa shape index (κ3) is 2.90. The summed E-state index contributed by atoms with van der Waals surface area (Å²) in [4.78, 5) is 15.1. The summed E-state index contributed by atoms with van der Waals surface area (Å²) < 4.78 is 24.3. The first-order chi connectivity index (χ1) is 14.4. The topological polar surface area (TPSA) is 103 Å². The third-order valence-corrected chi connectivity index (χ3v) is 7.71. The highest BCUT2D eigenvalue weighted by Gasteiger charge is 2.48. The van der Waals surface area contributed by atoms with E-state index in [1.54, 1.807) is 29.2 Å². The van der Waals surface area contributed by atoms with E-state index in [0.29, 0.717) is 28.9 Å². The summed E-state index contributed by atoms with van der Waals surface area (Å²) >= 11 is 0. The minimum Gasteiger partial charge on any atom is -0.507 e. The van der Waals surface area contributed by atoms with Crippen molar-refractivity contribution in [3.05, 3.63) is 70.9 Å². The summed E-state index contributed by atoms with van der Waals surface area (Å²) in [6, 6.07) is 13.9. The Labute approximate surface area is 174 Å². The lowest BCUT2D eigenvalue weighted by Gasteiger charge is -2.31. The van der Waals surface area contributed by atoms with Crippen molar-refractivity contribution in [2.75, 3.05) is 11.5 Å². The molecule has 1 amide bonds. The first-order valence-corrected chi connectivity index (χ1v) is 11.6. The summed E-state index contributed by atoms with van der Waals surface area (Å²) in [6.07, 6.45) is 0.417. The highest BCUT2D eigenvalue weighted by Crippen LogP contribution is 2.46. The number of nitrogens with zero attached hydrogens (tertiary/aromatic N) is 2. The fraction of sp³-hybridized carbons (Fsp3) is 0.273. The number of rotatable bonds is 3. The number of phenolic OH excluding ortho intramolecular Hbond substituents is 1. The van der Waals surface area contributed by atoms with Gasteiger partial charge in [0.1, 0.15) is 17.1 Å². The second-order valence-electron chi connectivity index (χ2n) is 7.96. The van der Waals surface area contributed by atoms with Crippen molar-refractivity contribution < 1.29 is 18.3 Å². The maximum atomic E-state index is 13.4. The Hall–Kier alpha value is -3.13. The van der Waals surface area contributed by atoms with Crippen molar-refractivity contribution in [1.29, 1.82) is 0 Å². The predicted octanol–water partition coefficient (Wildman–Crippen LogP) is 2.82. The van der Waals surface area contributed by atoms with Gasteiger partial charge in [0.2, 0.25) is 0 Å². The second-order valence-corrected chi connectivity index (χ2v) is 10.2. The molecule has 7 nitrogen and oxygen atoms in total. The van der Waals surface area contributed by atoms with Gasteiger partial charge in [-0.05, 0) is 31.0 Å². The number of H-pyrrole nitrogens is 1. The number of carbonyl (C=O) groups is 1. The minimum atomic E-state index is -3.17. The quantitative estimate of drug-likeness (QED) is 0.674. The number of aromatic amines is 1. The first-order valence-electron chi connectivity index (χ1n) is 9.82. The van der Waals surface area contributed by atoms with E-state index < -0.39 is 21.9 Å². The Balaban J connectivity index is 1.69. The molecule has 3 heterocycles. The van der Waals surface area contributed by atoms with E-state index in [4.69, 9.17) is 0 Å². The van der Waals surface area contributed by atoms with Gasteiger partial charge in [0.05, 0.1) is 17.5 Å². The highest BCUT2D eigenvalue weighted by atomic mass is 32.2. The van der Waals surface area contributed by atoms with Crippen molar-refractivity contribution in [2.45, 2.75) is 25.4 Å².